The van der Waals surface area contributed by atoms with E-state index < -0.39 is 0 Å². The van der Waals surface area contributed by atoms with E-state index in [0.29, 0.717) is 4.67 Å². The molecule has 0 aliphatic rings. The van der Waals surface area contributed by atoms with Gasteiger partial charge in [0.1, 0.15) is 5.76 Å². The number of aryl methyl sites for hydroxylation is 1. The summed E-state index contributed by atoms with van der Waals surface area (Å²) < 4.78 is 7.86. The van der Waals surface area contributed by atoms with E-state index in [1.165, 1.54) is 0 Å². The molecule has 80 valence electrons. The minimum Gasteiger partial charge on any atom is -0.453 e. The first-order valence-corrected chi connectivity index (χ1v) is 5.43. The summed E-state index contributed by atoms with van der Waals surface area (Å²) in [6.07, 6.45) is 4.50. The van der Waals surface area contributed by atoms with E-state index in [0.717, 1.165) is 17.7 Å². The van der Waals surface area contributed by atoms with E-state index in [2.05, 4.69) is 21.0 Å². The molecular formula is C10H12BrN3O. The van der Waals surface area contributed by atoms with Crippen LogP contribution in [-0.2, 0) is 13.5 Å². The Hall–Kier alpha value is -1.07. The first-order valence-electron chi connectivity index (χ1n) is 4.63. The lowest BCUT2D eigenvalue weighted by molar-refractivity contribution is 0.448. The van der Waals surface area contributed by atoms with Gasteiger partial charge in [-0.1, -0.05) is 0 Å². The van der Waals surface area contributed by atoms with E-state index in [4.69, 9.17) is 10.2 Å². The van der Waals surface area contributed by atoms with Crippen LogP contribution in [0.15, 0.2) is 33.6 Å². The molecule has 1 unspecified atom stereocenters. The van der Waals surface area contributed by atoms with E-state index in [-0.39, 0.29) is 6.04 Å². The summed E-state index contributed by atoms with van der Waals surface area (Å²) in [5, 5.41) is 4.09. The summed E-state index contributed by atoms with van der Waals surface area (Å²) in [4.78, 5) is 0. The molecule has 0 amide bonds. The predicted molar refractivity (Wildman–Crippen MR) is 60.2 cm³/mol. The second kappa shape index (κ2) is 4.20. The number of furan rings is 1. The molecule has 0 spiro atoms. The van der Waals surface area contributed by atoms with E-state index >= 15 is 0 Å². The SMILES string of the molecule is Cn1cc(CC(N)c2ccc(Br)o2)cn1. The molecule has 2 rings (SSSR count). The van der Waals surface area contributed by atoms with Crippen LogP contribution in [0.3, 0.4) is 0 Å². The number of halogens is 1. The number of hydrogen-bond acceptors (Lipinski definition) is 3. The average molecular weight is 270 g/mol. The van der Waals surface area contributed by atoms with Crippen LogP contribution in [0.2, 0.25) is 0 Å². The van der Waals surface area contributed by atoms with Crippen LogP contribution < -0.4 is 5.73 Å². The van der Waals surface area contributed by atoms with E-state index in [1.807, 2.05) is 31.6 Å². The Bertz CT molecular complexity index is 449. The van der Waals surface area contributed by atoms with Crippen molar-refractivity contribution in [3.63, 3.8) is 0 Å². The molecule has 15 heavy (non-hydrogen) atoms. The molecule has 0 radical (unpaired) electrons. The third-order valence-electron chi connectivity index (χ3n) is 2.17. The molecule has 5 heteroatoms. The molecule has 2 N–H and O–H groups in total. The Balaban J connectivity index is 2.06. The minimum atomic E-state index is -0.125. The van der Waals surface area contributed by atoms with Crippen molar-refractivity contribution in [1.82, 2.24) is 9.78 Å². The van der Waals surface area contributed by atoms with Crippen molar-refractivity contribution in [3.05, 3.63) is 40.5 Å². The highest BCUT2D eigenvalue weighted by molar-refractivity contribution is 9.10. The summed E-state index contributed by atoms with van der Waals surface area (Å²) in [6, 6.07) is 3.60. The molecule has 2 aromatic heterocycles. The molecule has 0 aliphatic carbocycles. The van der Waals surface area contributed by atoms with Gasteiger partial charge in [0.25, 0.3) is 0 Å². The molecule has 1 atom stereocenters. The smallest absolute Gasteiger partial charge is 0.169 e. The Morgan fingerprint density at radius 2 is 2.40 bits per heavy atom. The van der Waals surface area contributed by atoms with Gasteiger partial charge in [-0.05, 0) is 40.0 Å². The van der Waals surface area contributed by atoms with Crippen molar-refractivity contribution in [1.29, 1.82) is 0 Å². The molecular weight excluding hydrogens is 258 g/mol. The van der Waals surface area contributed by atoms with Gasteiger partial charge in [-0.15, -0.1) is 0 Å². The molecule has 0 saturated heterocycles. The highest BCUT2D eigenvalue weighted by Gasteiger charge is 2.11. The maximum atomic E-state index is 6.00. The van der Waals surface area contributed by atoms with Crippen LogP contribution >= 0.6 is 15.9 Å². The van der Waals surface area contributed by atoms with Gasteiger partial charge in [-0.25, -0.2) is 0 Å². The van der Waals surface area contributed by atoms with Crippen molar-refractivity contribution in [2.75, 3.05) is 0 Å². The summed E-state index contributed by atoms with van der Waals surface area (Å²) in [7, 11) is 1.89. The van der Waals surface area contributed by atoms with Crippen LogP contribution in [0, 0.1) is 0 Å². The molecule has 0 bridgehead atoms. The fraction of sp³-hybridized carbons (Fsp3) is 0.300. The maximum Gasteiger partial charge on any atom is 0.169 e. The summed E-state index contributed by atoms with van der Waals surface area (Å²) in [5.74, 6) is 0.783. The van der Waals surface area contributed by atoms with Crippen LogP contribution in [0.4, 0.5) is 0 Å². The van der Waals surface area contributed by atoms with E-state index in [1.54, 1.807) is 4.68 Å². The first-order chi connectivity index (χ1) is 7.15. The number of nitrogens with zero attached hydrogens (tertiary/aromatic N) is 2. The standard InChI is InChI=1S/C10H12BrN3O/c1-14-6-7(5-13-14)4-8(12)9-2-3-10(11)15-9/h2-3,5-6,8H,4,12H2,1H3. The van der Waals surface area contributed by atoms with Crippen LogP contribution in [0.5, 0.6) is 0 Å². The van der Waals surface area contributed by atoms with Gasteiger partial charge < -0.3 is 10.2 Å². The summed E-state index contributed by atoms with van der Waals surface area (Å²) in [6.45, 7) is 0. The minimum absolute atomic E-state index is 0.125. The van der Waals surface area contributed by atoms with E-state index in [9.17, 15) is 0 Å². The van der Waals surface area contributed by atoms with Gasteiger partial charge in [-0.2, -0.15) is 5.10 Å². The fourth-order valence-electron chi connectivity index (χ4n) is 1.46. The third-order valence-corrected chi connectivity index (χ3v) is 2.60. The molecule has 0 aromatic carbocycles. The van der Waals surface area contributed by atoms with Crippen molar-refractivity contribution in [2.24, 2.45) is 12.8 Å². The van der Waals surface area contributed by atoms with Gasteiger partial charge in [0.05, 0.1) is 12.2 Å². The lowest BCUT2D eigenvalue weighted by Gasteiger charge is -2.05. The van der Waals surface area contributed by atoms with Gasteiger partial charge in [0.15, 0.2) is 4.67 Å². The van der Waals surface area contributed by atoms with Crippen molar-refractivity contribution in [3.8, 4) is 0 Å². The molecule has 2 heterocycles. The lowest BCUT2D eigenvalue weighted by atomic mass is 10.1. The fourth-order valence-corrected chi connectivity index (χ4v) is 1.78. The number of nitrogens with two attached hydrogens (primary N) is 1. The van der Waals surface area contributed by atoms with Crippen molar-refractivity contribution in [2.45, 2.75) is 12.5 Å². The summed E-state index contributed by atoms with van der Waals surface area (Å²) >= 11 is 3.25. The highest BCUT2D eigenvalue weighted by atomic mass is 79.9. The van der Waals surface area contributed by atoms with Crippen LogP contribution in [0.1, 0.15) is 17.4 Å². The topological polar surface area (TPSA) is 57.0 Å². The second-order valence-corrected chi connectivity index (χ2v) is 4.26. The van der Waals surface area contributed by atoms with Gasteiger partial charge in [0.2, 0.25) is 0 Å². The van der Waals surface area contributed by atoms with Gasteiger partial charge in [0, 0.05) is 13.2 Å². The molecule has 4 nitrogen and oxygen atoms in total. The van der Waals surface area contributed by atoms with Crippen LogP contribution in [0.25, 0.3) is 0 Å². The number of aromatic nitrogens is 2. The monoisotopic (exact) mass is 269 g/mol. The van der Waals surface area contributed by atoms with Crippen molar-refractivity contribution < 1.29 is 4.42 Å². The quantitative estimate of drug-likeness (QED) is 0.928. The zero-order valence-electron chi connectivity index (χ0n) is 8.35. The second-order valence-electron chi connectivity index (χ2n) is 3.47. The number of rotatable bonds is 3. The molecule has 0 aliphatic heterocycles. The normalized spacial score (nSPS) is 13.0. The van der Waals surface area contributed by atoms with Crippen molar-refractivity contribution >= 4 is 15.9 Å². The average Bonchev–Trinajstić information content (AvgIpc) is 2.75. The Morgan fingerprint density at radius 1 is 1.60 bits per heavy atom. The third kappa shape index (κ3) is 2.49. The molecule has 0 fully saturated rings. The summed E-state index contributed by atoms with van der Waals surface area (Å²) in [5.41, 5.74) is 7.11. The lowest BCUT2D eigenvalue weighted by Crippen LogP contribution is -2.12. The Labute approximate surface area is 96.2 Å². The van der Waals surface area contributed by atoms with Gasteiger partial charge >= 0.3 is 0 Å². The molecule has 0 saturated carbocycles. The zero-order chi connectivity index (χ0) is 10.8. The largest absolute Gasteiger partial charge is 0.453 e. The number of hydrogen-bond donors (Lipinski definition) is 1. The maximum absolute atomic E-state index is 6.00. The van der Waals surface area contributed by atoms with Crippen LogP contribution in [-0.4, -0.2) is 9.78 Å². The highest BCUT2D eigenvalue weighted by Crippen LogP contribution is 2.21. The first kappa shape index (κ1) is 10.4. The Morgan fingerprint density at radius 3 is 2.93 bits per heavy atom. The van der Waals surface area contributed by atoms with Gasteiger partial charge in [-0.3, -0.25) is 4.68 Å². The molecule has 2 aromatic rings. The predicted octanol–water partition coefficient (Wildman–Crippen LogP) is 2.02. The zero-order valence-corrected chi connectivity index (χ0v) is 9.94. The Kier molecular flexibility index (Phi) is 2.93.